The molecule has 1 amide bonds. The molecular weight excluding hydrogens is 394 g/mol. The van der Waals surface area contributed by atoms with E-state index in [0.717, 1.165) is 24.8 Å². The van der Waals surface area contributed by atoms with Gasteiger partial charge in [0, 0.05) is 12.4 Å². The Morgan fingerprint density at radius 2 is 2.00 bits per heavy atom. The summed E-state index contributed by atoms with van der Waals surface area (Å²) < 4.78 is 12.7. The van der Waals surface area contributed by atoms with Crippen molar-refractivity contribution in [3.05, 3.63) is 76.8 Å². The lowest BCUT2D eigenvalue weighted by Gasteiger charge is -2.27. The van der Waals surface area contributed by atoms with Gasteiger partial charge in [-0.1, -0.05) is 24.3 Å². The van der Waals surface area contributed by atoms with E-state index in [2.05, 4.69) is 11.4 Å². The van der Waals surface area contributed by atoms with Crippen LogP contribution in [-0.2, 0) is 16.0 Å². The maximum Gasteiger partial charge on any atom is 0.343 e. The van der Waals surface area contributed by atoms with E-state index in [-0.39, 0.29) is 34.7 Å². The Hall–Kier alpha value is -3.79. The number of nitriles is 1. The lowest BCUT2D eigenvalue weighted by atomic mass is 9.87. The fraction of sp³-hybridized carbons (Fsp3) is 0.292. The van der Waals surface area contributed by atoms with Crippen molar-refractivity contribution in [2.75, 3.05) is 0 Å². The number of furan rings is 1. The summed E-state index contributed by atoms with van der Waals surface area (Å²) in [6, 6.07) is 13.5. The number of esters is 1. The van der Waals surface area contributed by atoms with Crippen LogP contribution in [0.15, 0.2) is 53.2 Å². The van der Waals surface area contributed by atoms with Gasteiger partial charge >= 0.3 is 5.97 Å². The average molecular weight is 417 g/mol. The highest BCUT2D eigenvalue weighted by atomic mass is 16.5. The molecule has 7 nitrogen and oxygen atoms in total. The Morgan fingerprint density at radius 1 is 1.26 bits per heavy atom. The van der Waals surface area contributed by atoms with Gasteiger partial charge in [0.1, 0.15) is 23.0 Å². The largest absolute Gasteiger partial charge is 0.449 e. The van der Waals surface area contributed by atoms with Crippen molar-refractivity contribution in [1.29, 1.82) is 5.26 Å². The fourth-order valence-corrected chi connectivity index (χ4v) is 4.00. The molecule has 31 heavy (non-hydrogen) atoms. The van der Waals surface area contributed by atoms with Crippen LogP contribution in [-0.4, -0.2) is 22.5 Å². The van der Waals surface area contributed by atoms with Gasteiger partial charge in [0.15, 0.2) is 6.10 Å². The first kappa shape index (κ1) is 20.5. The number of carbonyl (C=O) groups is 2. The van der Waals surface area contributed by atoms with Crippen molar-refractivity contribution in [2.24, 2.45) is 0 Å². The quantitative estimate of drug-likeness (QED) is 0.633. The first-order chi connectivity index (χ1) is 15.0. The zero-order valence-electron chi connectivity index (χ0n) is 17.4. The van der Waals surface area contributed by atoms with Crippen LogP contribution < -0.4 is 5.32 Å². The third-order valence-corrected chi connectivity index (χ3v) is 5.56. The molecule has 0 saturated carbocycles. The number of amides is 1. The van der Waals surface area contributed by atoms with Gasteiger partial charge < -0.3 is 14.5 Å². The van der Waals surface area contributed by atoms with Crippen LogP contribution >= 0.6 is 0 Å². The highest BCUT2D eigenvalue weighted by molar-refractivity contribution is 5.96. The Kier molecular flexibility index (Phi) is 5.63. The number of ether oxygens (including phenoxy) is 1. The summed E-state index contributed by atoms with van der Waals surface area (Å²) in [6.07, 6.45) is 5.23. The molecule has 2 aromatic heterocycles. The Balaban J connectivity index is 1.48. The van der Waals surface area contributed by atoms with Gasteiger partial charge in [0.25, 0.3) is 5.91 Å². The SMILES string of the molecule is Cc1oc(-n2cccc2)c(C#N)c1C(=O)O[C@@H](C)C(=O)N[C@@H]1CCCc2ccccc21. The lowest BCUT2D eigenvalue weighted by Crippen LogP contribution is -2.39. The third kappa shape index (κ3) is 3.97. The van der Waals surface area contributed by atoms with Gasteiger partial charge in [-0.15, -0.1) is 0 Å². The molecule has 1 aliphatic rings. The number of nitrogens with zero attached hydrogens (tertiary/aromatic N) is 2. The zero-order valence-corrected chi connectivity index (χ0v) is 17.4. The van der Waals surface area contributed by atoms with Crippen LogP contribution in [0, 0.1) is 18.3 Å². The molecule has 0 aliphatic heterocycles. The molecule has 2 atom stereocenters. The molecule has 7 heteroatoms. The second-order valence-electron chi connectivity index (χ2n) is 7.62. The minimum absolute atomic E-state index is 0.0360. The Labute approximate surface area is 180 Å². The van der Waals surface area contributed by atoms with Crippen molar-refractivity contribution in [3.63, 3.8) is 0 Å². The normalized spacial score (nSPS) is 16.1. The van der Waals surface area contributed by atoms with Crippen LogP contribution in [0.2, 0.25) is 0 Å². The van der Waals surface area contributed by atoms with E-state index in [1.54, 1.807) is 36.0 Å². The van der Waals surface area contributed by atoms with Crippen LogP contribution in [0.4, 0.5) is 0 Å². The van der Waals surface area contributed by atoms with E-state index in [1.807, 2.05) is 24.3 Å². The second-order valence-corrected chi connectivity index (χ2v) is 7.62. The van der Waals surface area contributed by atoms with Crippen LogP contribution in [0.1, 0.15) is 58.6 Å². The molecule has 4 rings (SSSR count). The van der Waals surface area contributed by atoms with Gasteiger partial charge in [0.2, 0.25) is 5.88 Å². The number of benzene rings is 1. The van der Waals surface area contributed by atoms with E-state index in [0.29, 0.717) is 0 Å². The fourth-order valence-electron chi connectivity index (χ4n) is 4.00. The van der Waals surface area contributed by atoms with Crippen molar-refractivity contribution >= 4 is 11.9 Å². The van der Waals surface area contributed by atoms with Crippen LogP contribution in [0.25, 0.3) is 5.88 Å². The maximum absolute atomic E-state index is 12.8. The van der Waals surface area contributed by atoms with Crippen LogP contribution in [0.3, 0.4) is 0 Å². The molecule has 0 bridgehead atoms. The molecule has 0 saturated heterocycles. The van der Waals surface area contributed by atoms with E-state index in [1.165, 1.54) is 12.5 Å². The van der Waals surface area contributed by atoms with E-state index >= 15 is 0 Å². The average Bonchev–Trinajstić information content (AvgIpc) is 3.41. The summed E-state index contributed by atoms with van der Waals surface area (Å²) >= 11 is 0. The first-order valence-electron chi connectivity index (χ1n) is 10.3. The van der Waals surface area contributed by atoms with Gasteiger partial charge in [0.05, 0.1) is 6.04 Å². The number of aryl methyl sites for hydroxylation is 2. The molecule has 158 valence electrons. The number of nitrogens with one attached hydrogen (secondary N) is 1. The molecule has 1 aliphatic carbocycles. The van der Waals surface area contributed by atoms with Crippen LogP contribution in [0.5, 0.6) is 0 Å². The van der Waals surface area contributed by atoms with Crippen molar-refractivity contribution in [2.45, 2.75) is 45.3 Å². The number of rotatable bonds is 5. The maximum atomic E-state index is 12.8. The molecule has 1 N–H and O–H groups in total. The van der Waals surface area contributed by atoms with Gasteiger partial charge in [-0.25, -0.2) is 4.79 Å². The topological polar surface area (TPSA) is 97.3 Å². The summed E-state index contributed by atoms with van der Waals surface area (Å²) in [6.45, 7) is 3.12. The molecule has 2 heterocycles. The summed E-state index contributed by atoms with van der Waals surface area (Å²) in [5, 5.41) is 12.6. The van der Waals surface area contributed by atoms with Crippen molar-refractivity contribution in [3.8, 4) is 12.0 Å². The van der Waals surface area contributed by atoms with Gasteiger partial charge in [-0.3, -0.25) is 9.36 Å². The number of hydrogen-bond acceptors (Lipinski definition) is 5. The molecule has 0 unspecified atom stereocenters. The number of aromatic nitrogens is 1. The monoisotopic (exact) mass is 417 g/mol. The summed E-state index contributed by atoms with van der Waals surface area (Å²) in [4.78, 5) is 25.5. The Morgan fingerprint density at radius 3 is 2.74 bits per heavy atom. The minimum atomic E-state index is -1.02. The number of hydrogen-bond donors (Lipinski definition) is 1. The van der Waals surface area contributed by atoms with E-state index in [4.69, 9.17) is 9.15 Å². The molecular formula is C24H23N3O4. The predicted octanol–water partition coefficient (Wildman–Crippen LogP) is 3.99. The number of carbonyl (C=O) groups excluding carboxylic acids is 2. The molecule has 3 aromatic rings. The number of fused-ring (bicyclic) bond motifs is 1. The van der Waals surface area contributed by atoms with Gasteiger partial charge in [-0.05, 0) is 56.4 Å². The van der Waals surface area contributed by atoms with Gasteiger partial charge in [-0.2, -0.15) is 5.26 Å². The van der Waals surface area contributed by atoms with E-state index < -0.39 is 12.1 Å². The lowest BCUT2D eigenvalue weighted by molar-refractivity contribution is -0.130. The first-order valence-corrected chi connectivity index (χ1v) is 10.3. The molecule has 0 spiro atoms. The molecule has 0 fully saturated rings. The minimum Gasteiger partial charge on any atom is -0.449 e. The second kappa shape index (κ2) is 8.52. The highest BCUT2D eigenvalue weighted by Gasteiger charge is 2.30. The van der Waals surface area contributed by atoms with Crippen molar-refractivity contribution < 1.29 is 18.7 Å². The zero-order chi connectivity index (χ0) is 22.0. The van der Waals surface area contributed by atoms with E-state index in [9.17, 15) is 14.9 Å². The highest BCUT2D eigenvalue weighted by Crippen LogP contribution is 2.30. The van der Waals surface area contributed by atoms with Crippen molar-refractivity contribution in [1.82, 2.24) is 9.88 Å². The third-order valence-electron chi connectivity index (χ3n) is 5.56. The smallest absolute Gasteiger partial charge is 0.343 e. The molecule has 1 aromatic carbocycles. The summed E-state index contributed by atoms with van der Waals surface area (Å²) in [7, 11) is 0. The standard InChI is InChI=1S/C24H23N3O4/c1-15-21(19(14-25)23(30-15)27-12-5-6-13-27)24(29)31-16(2)22(28)26-20-11-7-9-17-8-3-4-10-18(17)20/h3-6,8,10,12-13,16,20H,7,9,11H2,1-2H3,(H,26,28)/t16-,20+/m0/s1. The molecule has 0 radical (unpaired) electrons. The summed E-state index contributed by atoms with van der Waals surface area (Å²) in [5.74, 6) is -0.629. The predicted molar refractivity (Wildman–Crippen MR) is 113 cm³/mol. The Bertz CT molecular complexity index is 1150. The summed E-state index contributed by atoms with van der Waals surface area (Å²) in [5.41, 5.74) is 2.45.